The van der Waals surface area contributed by atoms with Gasteiger partial charge in [-0.05, 0) is 41.7 Å². The summed E-state index contributed by atoms with van der Waals surface area (Å²) in [5.41, 5.74) is 1.99. The molecule has 0 bridgehead atoms. The molecule has 1 aliphatic heterocycles. The quantitative estimate of drug-likeness (QED) is 0.795. The predicted octanol–water partition coefficient (Wildman–Crippen LogP) is 1.92. The molecule has 1 unspecified atom stereocenters. The second kappa shape index (κ2) is 7.07. The van der Waals surface area contributed by atoms with Crippen LogP contribution in [-0.2, 0) is 29.0 Å². The zero-order chi connectivity index (χ0) is 19.7. The zero-order valence-electron chi connectivity index (χ0n) is 15.2. The van der Waals surface area contributed by atoms with Crippen LogP contribution in [0.2, 0.25) is 0 Å². The molecule has 2 aliphatic rings. The van der Waals surface area contributed by atoms with E-state index in [0.717, 1.165) is 16.0 Å². The smallest absolute Gasteiger partial charge is 0.325 e. The molecule has 0 saturated carbocycles. The van der Waals surface area contributed by atoms with Crippen molar-refractivity contribution in [2.75, 3.05) is 6.54 Å². The van der Waals surface area contributed by atoms with E-state index in [2.05, 4.69) is 10.6 Å². The number of urea groups is 1. The van der Waals surface area contributed by atoms with Crippen LogP contribution in [0.1, 0.15) is 23.1 Å². The lowest BCUT2D eigenvalue weighted by molar-refractivity contribution is -0.135. The molecule has 2 N–H and O–H groups in total. The van der Waals surface area contributed by atoms with Crippen LogP contribution in [0.4, 0.5) is 9.18 Å². The van der Waals surface area contributed by atoms with E-state index < -0.39 is 17.5 Å². The molecule has 144 valence electrons. The van der Waals surface area contributed by atoms with Crippen molar-refractivity contribution in [3.8, 4) is 0 Å². The van der Waals surface area contributed by atoms with Crippen molar-refractivity contribution in [2.45, 2.75) is 31.3 Å². The highest BCUT2D eigenvalue weighted by atomic mass is 19.1. The number of aryl methyl sites for hydroxylation is 1. The lowest BCUT2D eigenvalue weighted by Crippen LogP contribution is -2.51. The van der Waals surface area contributed by atoms with Gasteiger partial charge in [0.15, 0.2) is 0 Å². The Balaban J connectivity index is 1.40. The molecule has 1 fully saturated rings. The van der Waals surface area contributed by atoms with E-state index in [0.29, 0.717) is 19.3 Å². The van der Waals surface area contributed by atoms with Crippen molar-refractivity contribution in [1.82, 2.24) is 15.5 Å². The summed E-state index contributed by atoms with van der Waals surface area (Å²) in [7, 11) is 0. The molecule has 7 heteroatoms. The molecule has 2 aromatic rings. The molecule has 0 radical (unpaired) electrons. The summed E-state index contributed by atoms with van der Waals surface area (Å²) < 4.78 is 12.9. The van der Waals surface area contributed by atoms with Crippen LogP contribution >= 0.6 is 0 Å². The Hall–Kier alpha value is -3.22. The maximum Gasteiger partial charge on any atom is 0.325 e. The number of hydrogen-bond donors (Lipinski definition) is 2. The van der Waals surface area contributed by atoms with E-state index in [1.165, 1.54) is 17.7 Å². The Morgan fingerprint density at radius 3 is 2.57 bits per heavy atom. The summed E-state index contributed by atoms with van der Waals surface area (Å²) >= 11 is 0. The van der Waals surface area contributed by atoms with Crippen molar-refractivity contribution < 1.29 is 18.8 Å². The van der Waals surface area contributed by atoms with Crippen LogP contribution in [0.25, 0.3) is 0 Å². The first-order chi connectivity index (χ1) is 13.5. The minimum Gasteiger partial charge on any atom is -0.350 e. The van der Waals surface area contributed by atoms with Gasteiger partial charge in [-0.2, -0.15) is 0 Å². The molecule has 0 aromatic heterocycles. The normalized spacial score (nSPS) is 20.8. The molecule has 1 spiro atoms. The molecule has 4 rings (SSSR count). The Kier molecular flexibility index (Phi) is 4.58. The van der Waals surface area contributed by atoms with Crippen molar-refractivity contribution in [3.05, 3.63) is 71.0 Å². The molecule has 1 heterocycles. The van der Waals surface area contributed by atoms with Crippen LogP contribution in [0.3, 0.4) is 0 Å². The number of amides is 4. The maximum atomic E-state index is 13.0. The number of halogens is 1. The fourth-order valence-corrected chi connectivity index (χ4v) is 3.85. The van der Waals surface area contributed by atoms with Crippen LogP contribution < -0.4 is 10.6 Å². The Morgan fingerprint density at radius 2 is 1.82 bits per heavy atom. The number of rotatable bonds is 4. The van der Waals surface area contributed by atoms with Gasteiger partial charge in [0.25, 0.3) is 5.91 Å². The summed E-state index contributed by atoms with van der Waals surface area (Å²) in [6.45, 7) is -0.142. The maximum absolute atomic E-state index is 13.0. The Morgan fingerprint density at radius 1 is 1.11 bits per heavy atom. The third-order valence-electron chi connectivity index (χ3n) is 5.38. The fraction of sp³-hybridized carbons (Fsp3) is 0.286. The standard InChI is InChI=1S/C21H20FN3O3/c22-17-7-5-14(6-8-17)12-23-18(26)13-25-19(27)21(24-20(25)28)10-9-15-3-1-2-4-16(15)11-21/h1-8H,9-13H2,(H,23,26)(H,24,28). The first kappa shape index (κ1) is 18.2. The molecule has 1 saturated heterocycles. The number of carbonyl (C=O) groups excluding carboxylic acids is 3. The minimum absolute atomic E-state index is 0.196. The van der Waals surface area contributed by atoms with Gasteiger partial charge in [-0.3, -0.25) is 14.5 Å². The third-order valence-corrected chi connectivity index (χ3v) is 5.38. The van der Waals surface area contributed by atoms with E-state index in [1.54, 1.807) is 12.1 Å². The van der Waals surface area contributed by atoms with E-state index >= 15 is 0 Å². The van der Waals surface area contributed by atoms with Gasteiger partial charge in [0.1, 0.15) is 17.9 Å². The van der Waals surface area contributed by atoms with Crippen molar-refractivity contribution in [1.29, 1.82) is 0 Å². The predicted molar refractivity (Wildman–Crippen MR) is 99.7 cm³/mol. The van der Waals surface area contributed by atoms with Crippen LogP contribution in [0.15, 0.2) is 48.5 Å². The Labute approximate surface area is 161 Å². The second-order valence-corrected chi connectivity index (χ2v) is 7.25. The average Bonchev–Trinajstić information content (AvgIpc) is 2.91. The summed E-state index contributed by atoms with van der Waals surface area (Å²) in [6.07, 6.45) is 1.65. The van der Waals surface area contributed by atoms with Gasteiger partial charge in [0.05, 0.1) is 0 Å². The number of hydrogen-bond acceptors (Lipinski definition) is 3. The van der Waals surface area contributed by atoms with Crippen molar-refractivity contribution in [2.24, 2.45) is 0 Å². The summed E-state index contributed by atoms with van der Waals surface area (Å²) in [5, 5.41) is 5.47. The van der Waals surface area contributed by atoms with E-state index in [4.69, 9.17) is 0 Å². The number of fused-ring (bicyclic) bond motifs is 1. The molecule has 1 aliphatic carbocycles. The van der Waals surface area contributed by atoms with Gasteiger partial charge in [0.2, 0.25) is 5.91 Å². The first-order valence-corrected chi connectivity index (χ1v) is 9.19. The van der Waals surface area contributed by atoms with Crippen LogP contribution in [-0.4, -0.2) is 34.8 Å². The number of carbonyl (C=O) groups is 3. The average molecular weight is 381 g/mol. The summed E-state index contributed by atoms with van der Waals surface area (Å²) in [4.78, 5) is 38.6. The highest BCUT2D eigenvalue weighted by molar-refractivity contribution is 6.09. The largest absolute Gasteiger partial charge is 0.350 e. The molecular weight excluding hydrogens is 361 g/mol. The monoisotopic (exact) mass is 381 g/mol. The highest BCUT2D eigenvalue weighted by Gasteiger charge is 2.52. The van der Waals surface area contributed by atoms with Crippen molar-refractivity contribution in [3.63, 3.8) is 0 Å². The summed E-state index contributed by atoms with van der Waals surface area (Å²) in [5.74, 6) is -1.15. The number of imide groups is 1. The van der Waals surface area contributed by atoms with E-state index in [9.17, 15) is 18.8 Å². The molecular formula is C21H20FN3O3. The molecule has 4 amide bonds. The van der Waals surface area contributed by atoms with Gasteiger partial charge in [-0.25, -0.2) is 9.18 Å². The van der Waals surface area contributed by atoms with E-state index in [1.807, 2.05) is 24.3 Å². The minimum atomic E-state index is -0.970. The number of benzene rings is 2. The summed E-state index contributed by atoms with van der Waals surface area (Å²) in [6, 6.07) is 13.1. The number of nitrogens with one attached hydrogen (secondary N) is 2. The van der Waals surface area contributed by atoms with Gasteiger partial charge < -0.3 is 10.6 Å². The molecule has 2 aromatic carbocycles. The number of nitrogens with zero attached hydrogens (tertiary/aromatic N) is 1. The van der Waals surface area contributed by atoms with Gasteiger partial charge in [-0.1, -0.05) is 36.4 Å². The van der Waals surface area contributed by atoms with Gasteiger partial charge >= 0.3 is 6.03 Å². The zero-order valence-corrected chi connectivity index (χ0v) is 15.2. The van der Waals surface area contributed by atoms with E-state index in [-0.39, 0.29) is 24.8 Å². The Bertz CT molecular complexity index is 944. The molecule has 6 nitrogen and oxygen atoms in total. The topological polar surface area (TPSA) is 78.5 Å². The molecule has 28 heavy (non-hydrogen) atoms. The van der Waals surface area contributed by atoms with Crippen LogP contribution in [0, 0.1) is 5.82 Å². The lowest BCUT2D eigenvalue weighted by atomic mass is 9.78. The van der Waals surface area contributed by atoms with Crippen molar-refractivity contribution >= 4 is 17.8 Å². The lowest BCUT2D eigenvalue weighted by Gasteiger charge is -2.32. The van der Waals surface area contributed by atoms with Gasteiger partial charge in [0, 0.05) is 13.0 Å². The third kappa shape index (κ3) is 3.35. The molecule has 1 atom stereocenters. The fourth-order valence-electron chi connectivity index (χ4n) is 3.85. The highest BCUT2D eigenvalue weighted by Crippen LogP contribution is 2.33. The second-order valence-electron chi connectivity index (χ2n) is 7.25. The SMILES string of the molecule is O=C(CN1C(=O)NC2(CCc3ccccc3C2)C1=O)NCc1ccc(F)cc1. The van der Waals surface area contributed by atoms with Crippen LogP contribution in [0.5, 0.6) is 0 Å². The first-order valence-electron chi connectivity index (χ1n) is 9.19. The van der Waals surface area contributed by atoms with Gasteiger partial charge in [-0.15, -0.1) is 0 Å².